The predicted molar refractivity (Wildman–Crippen MR) is 133 cm³/mol. The molecule has 0 unspecified atom stereocenters. The number of amides is 1. The quantitative estimate of drug-likeness (QED) is 0.299. The number of halogens is 1. The minimum atomic E-state index is -3.92. The van der Waals surface area contributed by atoms with Crippen molar-refractivity contribution in [3.8, 4) is 11.5 Å². The third kappa shape index (κ3) is 6.89. The molecule has 0 heterocycles. The smallest absolute Gasteiger partial charge is 0.255 e. The minimum Gasteiger partial charge on any atom is -0.504 e. The lowest BCUT2D eigenvalue weighted by Crippen LogP contribution is -2.40. The second-order valence-electron chi connectivity index (χ2n) is 7.25. The number of rotatable bonds is 10. The highest BCUT2D eigenvalue weighted by atomic mass is 79.9. The molecule has 0 aliphatic carbocycles. The molecule has 0 fully saturated rings. The van der Waals surface area contributed by atoms with Crippen molar-refractivity contribution in [1.82, 2.24) is 9.73 Å². The van der Waals surface area contributed by atoms with E-state index in [1.807, 2.05) is 30.3 Å². The van der Waals surface area contributed by atoms with E-state index in [-0.39, 0.29) is 22.9 Å². The van der Waals surface area contributed by atoms with E-state index < -0.39 is 22.5 Å². The van der Waals surface area contributed by atoms with Gasteiger partial charge in [0.2, 0.25) is 10.0 Å². The highest BCUT2D eigenvalue weighted by Gasteiger charge is 2.26. The molecule has 0 radical (unpaired) electrons. The van der Waals surface area contributed by atoms with E-state index in [0.29, 0.717) is 12.0 Å². The van der Waals surface area contributed by atoms with E-state index >= 15 is 0 Å². The first-order valence-corrected chi connectivity index (χ1v) is 12.5. The molecule has 2 N–H and O–H groups in total. The number of benzene rings is 3. The van der Waals surface area contributed by atoms with Crippen LogP contribution in [0.1, 0.15) is 11.1 Å². The molecule has 10 heteroatoms. The van der Waals surface area contributed by atoms with Gasteiger partial charge in [-0.3, -0.25) is 4.79 Å². The molecule has 3 rings (SSSR count). The number of hydrogen-bond acceptors (Lipinski definition) is 6. The molecule has 0 bridgehead atoms. The molecule has 8 nitrogen and oxygen atoms in total. The van der Waals surface area contributed by atoms with Gasteiger partial charge in [-0.1, -0.05) is 46.3 Å². The van der Waals surface area contributed by atoms with Gasteiger partial charge in [0.25, 0.3) is 5.91 Å². The molecule has 1 amide bonds. The molecule has 178 valence electrons. The summed E-state index contributed by atoms with van der Waals surface area (Å²) in [6.45, 7) is -0.282. The van der Waals surface area contributed by atoms with Crippen LogP contribution in [-0.4, -0.2) is 50.2 Å². The second-order valence-corrected chi connectivity index (χ2v) is 10.1. The third-order valence-corrected chi connectivity index (χ3v) is 7.26. The van der Waals surface area contributed by atoms with Crippen molar-refractivity contribution in [3.05, 3.63) is 88.4 Å². The van der Waals surface area contributed by atoms with Gasteiger partial charge in [0.1, 0.15) is 0 Å². The van der Waals surface area contributed by atoms with Gasteiger partial charge in [-0.25, -0.2) is 13.8 Å². The van der Waals surface area contributed by atoms with Crippen LogP contribution in [0.5, 0.6) is 11.5 Å². The van der Waals surface area contributed by atoms with Crippen molar-refractivity contribution >= 4 is 38.1 Å². The Morgan fingerprint density at radius 1 is 1.12 bits per heavy atom. The van der Waals surface area contributed by atoms with Crippen LogP contribution in [0.4, 0.5) is 0 Å². The van der Waals surface area contributed by atoms with Crippen molar-refractivity contribution in [2.45, 2.75) is 11.3 Å². The van der Waals surface area contributed by atoms with Crippen LogP contribution in [0.3, 0.4) is 0 Å². The zero-order chi connectivity index (χ0) is 24.6. The first-order chi connectivity index (χ1) is 16.3. The number of sulfonamides is 1. The molecule has 0 aromatic heterocycles. The molecular weight excluding hydrogens is 522 g/mol. The maximum absolute atomic E-state index is 13.3. The standard InChI is InChI=1S/C24H24BrN3O5S/c1-33-23-15-19(7-12-22(23)29)16-26-27-24(30)17-28(14-13-18-5-3-2-4-6-18)34(31,32)21-10-8-20(25)9-11-21/h2-12,15-16,29H,13-14,17H2,1H3,(H,27,30). The van der Waals surface area contributed by atoms with Crippen molar-refractivity contribution in [2.24, 2.45) is 5.10 Å². The van der Waals surface area contributed by atoms with Crippen LogP contribution in [0, 0.1) is 0 Å². The average molecular weight is 546 g/mol. The predicted octanol–water partition coefficient (Wildman–Crippen LogP) is 3.55. The van der Waals surface area contributed by atoms with Crippen LogP contribution >= 0.6 is 15.9 Å². The Hall–Kier alpha value is -3.21. The number of phenols is 1. The zero-order valence-electron chi connectivity index (χ0n) is 18.4. The van der Waals surface area contributed by atoms with Crippen LogP contribution in [0.15, 0.2) is 87.3 Å². The fourth-order valence-corrected chi connectivity index (χ4v) is 4.75. The Morgan fingerprint density at radius 2 is 1.82 bits per heavy atom. The van der Waals surface area contributed by atoms with Gasteiger partial charge in [-0.15, -0.1) is 0 Å². The van der Waals surface area contributed by atoms with Crippen molar-refractivity contribution in [1.29, 1.82) is 0 Å². The van der Waals surface area contributed by atoms with E-state index in [2.05, 4.69) is 26.5 Å². The van der Waals surface area contributed by atoms with E-state index in [0.717, 1.165) is 14.3 Å². The number of nitrogens with zero attached hydrogens (tertiary/aromatic N) is 2. The molecule has 0 saturated carbocycles. The van der Waals surface area contributed by atoms with Gasteiger partial charge in [0, 0.05) is 11.0 Å². The summed E-state index contributed by atoms with van der Waals surface area (Å²) in [7, 11) is -2.49. The van der Waals surface area contributed by atoms with Gasteiger partial charge < -0.3 is 9.84 Å². The van der Waals surface area contributed by atoms with Gasteiger partial charge >= 0.3 is 0 Å². The molecular formula is C24H24BrN3O5S. The summed E-state index contributed by atoms with van der Waals surface area (Å²) in [6, 6.07) is 20.3. The summed E-state index contributed by atoms with van der Waals surface area (Å²) < 4.78 is 33.4. The Labute approximate surface area is 207 Å². The fraction of sp³-hybridized carbons (Fsp3) is 0.167. The first kappa shape index (κ1) is 25.4. The van der Waals surface area contributed by atoms with Crippen LogP contribution < -0.4 is 10.2 Å². The van der Waals surface area contributed by atoms with E-state index in [4.69, 9.17) is 4.74 Å². The van der Waals surface area contributed by atoms with Crippen molar-refractivity contribution in [3.63, 3.8) is 0 Å². The van der Waals surface area contributed by atoms with Crippen LogP contribution in [0.2, 0.25) is 0 Å². The van der Waals surface area contributed by atoms with E-state index in [1.54, 1.807) is 24.3 Å². The van der Waals surface area contributed by atoms with Crippen molar-refractivity contribution in [2.75, 3.05) is 20.2 Å². The Balaban J connectivity index is 1.73. The maximum atomic E-state index is 13.3. The minimum absolute atomic E-state index is 0.0177. The zero-order valence-corrected chi connectivity index (χ0v) is 20.8. The molecule has 0 aliphatic rings. The number of hydrogen-bond donors (Lipinski definition) is 2. The topological polar surface area (TPSA) is 108 Å². The highest BCUT2D eigenvalue weighted by molar-refractivity contribution is 9.10. The summed E-state index contributed by atoms with van der Waals surface area (Å²) >= 11 is 3.30. The summed E-state index contributed by atoms with van der Waals surface area (Å²) in [5, 5.41) is 13.6. The van der Waals surface area contributed by atoms with Gasteiger partial charge in [-0.2, -0.15) is 9.41 Å². The van der Waals surface area contributed by atoms with Crippen LogP contribution in [-0.2, 0) is 21.2 Å². The molecule has 0 aliphatic heterocycles. The molecule has 34 heavy (non-hydrogen) atoms. The Bertz CT molecular complexity index is 1250. The molecule has 0 spiro atoms. The summed E-state index contributed by atoms with van der Waals surface area (Å²) in [5.41, 5.74) is 3.90. The number of nitrogens with one attached hydrogen (secondary N) is 1. The number of ether oxygens (including phenoxy) is 1. The van der Waals surface area contributed by atoms with Gasteiger partial charge in [-0.05, 0) is 60.0 Å². The lowest BCUT2D eigenvalue weighted by Gasteiger charge is -2.21. The first-order valence-electron chi connectivity index (χ1n) is 10.3. The number of carbonyl (C=O) groups excluding carboxylic acids is 1. The van der Waals surface area contributed by atoms with Crippen molar-refractivity contribution < 1.29 is 23.1 Å². The second kappa shape index (κ2) is 11.8. The summed E-state index contributed by atoms with van der Waals surface area (Å²) in [5.74, 6) is -0.338. The number of phenolic OH excluding ortho intramolecular Hbond substituents is 1. The highest BCUT2D eigenvalue weighted by Crippen LogP contribution is 2.25. The van der Waals surface area contributed by atoms with Crippen LogP contribution in [0.25, 0.3) is 0 Å². The Kier molecular flexibility index (Phi) is 8.80. The maximum Gasteiger partial charge on any atom is 0.255 e. The van der Waals surface area contributed by atoms with E-state index in [1.165, 1.54) is 31.5 Å². The molecule has 0 atom stereocenters. The lowest BCUT2D eigenvalue weighted by molar-refractivity contribution is -0.121. The normalized spacial score (nSPS) is 11.6. The molecule has 0 saturated heterocycles. The monoisotopic (exact) mass is 545 g/mol. The summed E-state index contributed by atoms with van der Waals surface area (Å²) in [6.07, 6.45) is 1.82. The molecule has 3 aromatic rings. The number of methoxy groups -OCH3 is 1. The Morgan fingerprint density at radius 3 is 2.50 bits per heavy atom. The number of carbonyl (C=O) groups is 1. The number of aromatic hydroxyl groups is 1. The van der Waals surface area contributed by atoms with Gasteiger partial charge in [0.05, 0.1) is 24.8 Å². The largest absolute Gasteiger partial charge is 0.504 e. The lowest BCUT2D eigenvalue weighted by atomic mass is 10.1. The average Bonchev–Trinajstić information content (AvgIpc) is 2.83. The number of hydrazone groups is 1. The summed E-state index contributed by atoms with van der Waals surface area (Å²) in [4.78, 5) is 12.7. The fourth-order valence-electron chi connectivity index (χ4n) is 3.09. The van der Waals surface area contributed by atoms with E-state index in [9.17, 15) is 18.3 Å². The molecule has 3 aromatic carbocycles. The van der Waals surface area contributed by atoms with Gasteiger partial charge in [0.15, 0.2) is 11.5 Å². The SMILES string of the molecule is COc1cc(C=NNC(=O)CN(CCc2ccccc2)S(=O)(=O)c2ccc(Br)cc2)ccc1O. The third-order valence-electron chi connectivity index (χ3n) is 4.87.